The number of hydrogen-bond acceptors (Lipinski definition) is 5. The van der Waals surface area contributed by atoms with E-state index in [0.717, 1.165) is 16.7 Å². The molecule has 0 amide bonds. The van der Waals surface area contributed by atoms with Crippen LogP contribution in [0, 0.1) is 5.82 Å². The quantitative estimate of drug-likeness (QED) is 0.148. The number of aromatic nitrogens is 1. The summed E-state index contributed by atoms with van der Waals surface area (Å²) in [6.45, 7) is 0.491. The van der Waals surface area contributed by atoms with Gasteiger partial charge in [-0.25, -0.2) is 14.2 Å². The molecule has 9 heteroatoms. The first-order valence-corrected chi connectivity index (χ1v) is 14.6. The summed E-state index contributed by atoms with van der Waals surface area (Å²) in [7, 11) is 3.10. The van der Waals surface area contributed by atoms with Crippen LogP contribution in [-0.2, 0) is 17.7 Å². The maximum absolute atomic E-state index is 13.9. The zero-order valence-electron chi connectivity index (χ0n) is 24.1. The second kappa shape index (κ2) is 14.3. The minimum absolute atomic E-state index is 0.240. The Labute approximate surface area is 265 Å². The number of rotatable bonds is 11. The number of carbonyl (C=O) groups is 1. The van der Waals surface area contributed by atoms with E-state index in [1.54, 1.807) is 69.1 Å². The summed E-state index contributed by atoms with van der Waals surface area (Å²) in [5, 5.41) is 3.97. The second-order valence-electron chi connectivity index (χ2n) is 9.95. The average molecular weight is 633 g/mol. The van der Waals surface area contributed by atoms with Gasteiger partial charge in [0.05, 0.1) is 25.5 Å². The number of hydrogen-bond donors (Lipinski definition) is 1. The predicted molar refractivity (Wildman–Crippen MR) is 170 cm³/mol. The molecular formula is C35H30Cl2FN2O4+. The fourth-order valence-corrected chi connectivity index (χ4v) is 5.28. The van der Waals surface area contributed by atoms with Crippen LogP contribution in [0.2, 0.25) is 10.0 Å². The van der Waals surface area contributed by atoms with Gasteiger partial charge < -0.3 is 19.5 Å². The molecule has 0 saturated heterocycles. The van der Waals surface area contributed by atoms with Crippen LogP contribution in [0.4, 0.5) is 10.1 Å². The van der Waals surface area contributed by atoms with Crippen LogP contribution in [0.1, 0.15) is 33.2 Å². The number of pyridine rings is 1. The predicted octanol–water partition coefficient (Wildman–Crippen LogP) is 8.38. The van der Waals surface area contributed by atoms with Crippen molar-refractivity contribution in [3.63, 3.8) is 0 Å². The maximum atomic E-state index is 13.9. The summed E-state index contributed by atoms with van der Waals surface area (Å²) in [5.74, 6) is 0.268. The largest absolute Gasteiger partial charge is 0.493 e. The number of H-pyrrole nitrogens is 1. The molecule has 1 heterocycles. The Morgan fingerprint density at radius 1 is 0.841 bits per heavy atom. The number of anilines is 1. The third-order valence-corrected chi connectivity index (χ3v) is 7.85. The van der Waals surface area contributed by atoms with Crippen LogP contribution in [-0.4, -0.2) is 20.2 Å². The monoisotopic (exact) mass is 631 g/mol. The fraction of sp³-hybridized carbons (Fsp3) is 0.143. The number of nitrogens with one attached hydrogen (secondary N) is 2. The van der Waals surface area contributed by atoms with Crippen LogP contribution in [0.25, 0.3) is 11.1 Å². The van der Waals surface area contributed by atoms with E-state index in [1.165, 1.54) is 6.07 Å². The molecule has 5 rings (SSSR count). The molecule has 0 saturated carbocycles. The maximum Gasteiger partial charge on any atom is 0.338 e. The van der Waals surface area contributed by atoms with Gasteiger partial charge in [0.1, 0.15) is 22.0 Å². The number of aromatic amines is 1. The molecule has 0 aliphatic heterocycles. The normalized spacial score (nSPS) is 11.5. The van der Waals surface area contributed by atoms with Crippen molar-refractivity contribution in [1.29, 1.82) is 0 Å². The number of para-hydroxylation sites is 1. The molecule has 5 aromatic rings. The lowest BCUT2D eigenvalue weighted by atomic mass is 10.0. The van der Waals surface area contributed by atoms with Crippen molar-refractivity contribution in [2.45, 2.75) is 19.1 Å². The van der Waals surface area contributed by atoms with Crippen LogP contribution < -0.4 is 19.8 Å². The van der Waals surface area contributed by atoms with Gasteiger partial charge in [-0.2, -0.15) is 0 Å². The first-order valence-electron chi connectivity index (χ1n) is 13.8. The molecule has 0 aliphatic rings. The minimum atomic E-state index is -0.718. The van der Waals surface area contributed by atoms with Crippen molar-refractivity contribution in [2.24, 2.45) is 0 Å². The van der Waals surface area contributed by atoms with Crippen molar-refractivity contribution < 1.29 is 28.4 Å². The van der Waals surface area contributed by atoms with E-state index in [0.29, 0.717) is 50.5 Å². The molecule has 0 radical (unpaired) electrons. The van der Waals surface area contributed by atoms with E-state index >= 15 is 0 Å². The highest BCUT2D eigenvalue weighted by Crippen LogP contribution is 2.35. The molecule has 1 aromatic heterocycles. The van der Waals surface area contributed by atoms with E-state index < -0.39 is 12.1 Å². The van der Waals surface area contributed by atoms with Crippen LogP contribution in [0.3, 0.4) is 0 Å². The highest BCUT2D eigenvalue weighted by atomic mass is 35.5. The van der Waals surface area contributed by atoms with Gasteiger partial charge in [0.15, 0.2) is 23.9 Å². The van der Waals surface area contributed by atoms with E-state index in [4.69, 9.17) is 37.4 Å². The van der Waals surface area contributed by atoms with Gasteiger partial charge >= 0.3 is 5.97 Å². The zero-order valence-corrected chi connectivity index (χ0v) is 25.6. The van der Waals surface area contributed by atoms with Gasteiger partial charge in [-0.1, -0.05) is 77.8 Å². The molecule has 224 valence electrons. The number of benzene rings is 4. The summed E-state index contributed by atoms with van der Waals surface area (Å²) >= 11 is 12.9. The molecule has 0 unspecified atom stereocenters. The lowest BCUT2D eigenvalue weighted by Crippen LogP contribution is -2.15. The minimum Gasteiger partial charge on any atom is -0.493 e. The Morgan fingerprint density at radius 2 is 1.48 bits per heavy atom. The van der Waals surface area contributed by atoms with Gasteiger partial charge in [-0.05, 0) is 58.7 Å². The average Bonchev–Trinajstić information content (AvgIpc) is 3.05. The van der Waals surface area contributed by atoms with Crippen LogP contribution >= 0.6 is 23.2 Å². The van der Waals surface area contributed by atoms with Crippen molar-refractivity contribution in [3.8, 4) is 22.6 Å². The highest BCUT2D eigenvalue weighted by molar-refractivity contribution is 6.35. The fourth-order valence-electron chi connectivity index (χ4n) is 4.75. The Hall–Kier alpha value is -4.59. The molecule has 0 spiro atoms. The van der Waals surface area contributed by atoms with Gasteiger partial charge in [0, 0.05) is 18.5 Å². The van der Waals surface area contributed by atoms with E-state index in [2.05, 4.69) is 10.3 Å². The van der Waals surface area contributed by atoms with Crippen molar-refractivity contribution >= 4 is 34.9 Å². The second-order valence-corrected chi connectivity index (χ2v) is 10.8. The Kier molecular flexibility index (Phi) is 10.00. The summed E-state index contributed by atoms with van der Waals surface area (Å²) in [6.07, 6.45) is 2.77. The molecular weight excluding hydrogens is 602 g/mol. The Balaban J connectivity index is 1.31. The lowest BCUT2D eigenvalue weighted by molar-refractivity contribution is -0.377. The van der Waals surface area contributed by atoms with E-state index in [-0.39, 0.29) is 12.2 Å². The van der Waals surface area contributed by atoms with Gasteiger partial charge in [0.25, 0.3) is 0 Å². The third kappa shape index (κ3) is 7.30. The summed E-state index contributed by atoms with van der Waals surface area (Å²) in [4.78, 5) is 16.3. The van der Waals surface area contributed by atoms with Crippen LogP contribution in [0.15, 0.2) is 103 Å². The summed E-state index contributed by atoms with van der Waals surface area (Å²) < 4.78 is 30.8. The summed E-state index contributed by atoms with van der Waals surface area (Å²) in [5.41, 5.74) is 5.11. The van der Waals surface area contributed by atoms with E-state index in [1.807, 2.05) is 42.5 Å². The highest BCUT2D eigenvalue weighted by Gasteiger charge is 2.24. The number of methoxy groups -OCH3 is 2. The molecule has 44 heavy (non-hydrogen) atoms. The SMILES string of the molecule is COc1ccc([C@H](Cc2c(Cl)c[nH+]cc2Cl)OC(=O)c2ccc(-c3ccc(CNc4ccccc4F)cc3)cc2)cc1OC. The zero-order chi connectivity index (χ0) is 31.1. The summed E-state index contributed by atoms with van der Waals surface area (Å²) in [6, 6.07) is 27.1. The molecule has 2 N–H and O–H groups in total. The lowest BCUT2D eigenvalue weighted by Gasteiger charge is -2.20. The van der Waals surface area contributed by atoms with Crippen molar-refractivity contribution in [2.75, 3.05) is 19.5 Å². The van der Waals surface area contributed by atoms with Gasteiger partial charge in [-0.3, -0.25) is 0 Å². The first kappa shape index (κ1) is 30.9. The van der Waals surface area contributed by atoms with Gasteiger partial charge in [-0.15, -0.1) is 0 Å². The standard InChI is InChI=1S/C35H29Cl2FN2O4/c1-42-32-16-15-26(17-34(32)43-2)33(18-27-28(36)20-39-21-29(27)37)44-35(41)25-13-11-24(12-14-25)23-9-7-22(8-10-23)19-40-31-6-4-3-5-30(31)38/h3-17,20-21,33,40H,18-19H2,1-2H3/p+1/t33-/m0/s1. The first-order chi connectivity index (χ1) is 21.4. The van der Waals surface area contributed by atoms with Crippen molar-refractivity contribution in [1.82, 2.24) is 0 Å². The molecule has 0 fully saturated rings. The molecule has 6 nitrogen and oxygen atoms in total. The number of esters is 1. The molecule has 4 aromatic carbocycles. The number of ether oxygens (including phenoxy) is 3. The number of halogens is 3. The molecule has 0 bridgehead atoms. The molecule has 1 atom stereocenters. The smallest absolute Gasteiger partial charge is 0.338 e. The third-order valence-electron chi connectivity index (χ3n) is 7.18. The van der Waals surface area contributed by atoms with Crippen molar-refractivity contribution in [3.05, 3.63) is 142 Å². The topological polar surface area (TPSA) is 70.9 Å². The Morgan fingerprint density at radius 3 is 2.11 bits per heavy atom. The molecule has 0 aliphatic carbocycles. The number of carbonyl (C=O) groups excluding carboxylic acids is 1. The van der Waals surface area contributed by atoms with E-state index in [9.17, 15) is 9.18 Å². The van der Waals surface area contributed by atoms with Gasteiger partial charge in [0.2, 0.25) is 0 Å². The Bertz CT molecular complexity index is 1730. The van der Waals surface area contributed by atoms with Crippen LogP contribution in [0.5, 0.6) is 11.5 Å².